The zero-order valence-electron chi connectivity index (χ0n) is 33.4. The van der Waals surface area contributed by atoms with Gasteiger partial charge in [-0.25, -0.2) is 19.0 Å². The molecule has 1 unspecified atom stereocenters. The van der Waals surface area contributed by atoms with Crippen LogP contribution in [0.3, 0.4) is 0 Å². The fourth-order valence-electron chi connectivity index (χ4n) is 7.73. The van der Waals surface area contributed by atoms with Crippen molar-refractivity contribution in [2.24, 2.45) is 18.9 Å². The van der Waals surface area contributed by atoms with Gasteiger partial charge in [0.25, 0.3) is 5.67 Å². The van der Waals surface area contributed by atoms with E-state index in [4.69, 9.17) is 23.7 Å². The number of halogens is 1. The molecule has 0 aromatic carbocycles. The molecule has 19 heteroatoms. The number of likely N-dealkylation sites (N-methyl/N-ethyl adjacent to an activating group) is 1. The molecule has 3 aliphatic rings. The van der Waals surface area contributed by atoms with Crippen LogP contribution in [-0.2, 0) is 45.1 Å². The zero-order chi connectivity index (χ0) is 41.3. The number of aliphatic hydroxyl groups is 1. The van der Waals surface area contributed by atoms with Crippen molar-refractivity contribution >= 4 is 35.0 Å². The predicted octanol–water partition coefficient (Wildman–Crippen LogP) is 2.39. The van der Waals surface area contributed by atoms with E-state index in [1.165, 1.54) is 23.1 Å². The molecule has 5 heterocycles. The third kappa shape index (κ3) is 8.95. The van der Waals surface area contributed by atoms with Gasteiger partial charge in [0.1, 0.15) is 24.6 Å². The number of alkyl halides is 1. The quantitative estimate of drug-likeness (QED) is 0.234. The van der Waals surface area contributed by atoms with Gasteiger partial charge in [-0.1, -0.05) is 32.6 Å². The summed E-state index contributed by atoms with van der Waals surface area (Å²) in [5.74, 6) is 1.59. The number of aliphatic hydroxyl groups excluding tert-OH is 1. The molecule has 0 aliphatic carbocycles. The molecule has 2 aromatic rings. The van der Waals surface area contributed by atoms with E-state index in [0.717, 1.165) is 6.92 Å². The minimum absolute atomic E-state index is 0.0787. The van der Waals surface area contributed by atoms with E-state index in [1.807, 2.05) is 11.8 Å². The van der Waals surface area contributed by atoms with E-state index < -0.39 is 89.7 Å². The molecule has 17 nitrogen and oxygen atoms in total. The van der Waals surface area contributed by atoms with Crippen LogP contribution in [-0.4, -0.2) is 139 Å². The van der Waals surface area contributed by atoms with Gasteiger partial charge in [0.2, 0.25) is 5.82 Å². The monoisotopic (exact) mass is 805 g/mol. The fourth-order valence-corrected chi connectivity index (χ4v) is 8.44. The van der Waals surface area contributed by atoms with E-state index in [9.17, 15) is 24.3 Å². The minimum atomic E-state index is -3.19. The maximum Gasteiger partial charge on any atom is 0.408 e. The molecule has 12 atom stereocenters. The summed E-state index contributed by atoms with van der Waals surface area (Å²) in [6.45, 7) is 10.4. The van der Waals surface area contributed by atoms with E-state index >= 15 is 4.39 Å². The first kappa shape index (κ1) is 43.2. The van der Waals surface area contributed by atoms with Crippen molar-refractivity contribution in [1.82, 2.24) is 35.4 Å². The highest BCUT2D eigenvalue weighted by atomic mass is 32.1. The van der Waals surface area contributed by atoms with Gasteiger partial charge in [-0.3, -0.25) is 9.59 Å². The number of hydrogen-bond donors (Lipinski definition) is 2. The number of esters is 1. The molecule has 2 aromatic heterocycles. The van der Waals surface area contributed by atoms with Gasteiger partial charge in [-0.2, -0.15) is 4.80 Å². The highest BCUT2D eigenvalue weighted by Gasteiger charge is 2.58. The largest absolute Gasteiger partial charge is 0.455 e. The molecule has 56 heavy (non-hydrogen) atoms. The Labute approximate surface area is 329 Å². The molecule has 308 valence electrons. The van der Waals surface area contributed by atoms with Gasteiger partial charge < -0.3 is 39.0 Å². The Morgan fingerprint density at radius 3 is 2.54 bits per heavy atom. The van der Waals surface area contributed by atoms with Crippen LogP contribution in [0.1, 0.15) is 79.0 Å². The second kappa shape index (κ2) is 16.9. The van der Waals surface area contributed by atoms with Crippen LogP contribution < -0.4 is 5.32 Å². The van der Waals surface area contributed by atoms with Crippen molar-refractivity contribution in [3.05, 3.63) is 11.1 Å². The summed E-state index contributed by atoms with van der Waals surface area (Å²) in [5, 5.41) is 26.6. The number of alkyl carbamates (subject to hydrolysis) is 1. The fraction of sp³-hybridized carbons (Fsp3) is 0.730. The number of carbonyl (C=O) groups is 4. The minimum Gasteiger partial charge on any atom is -0.455 e. The number of thiazole rings is 1. The lowest BCUT2D eigenvalue weighted by Gasteiger charge is -2.46. The smallest absolute Gasteiger partial charge is 0.408 e. The van der Waals surface area contributed by atoms with Gasteiger partial charge in [0, 0.05) is 24.3 Å². The van der Waals surface area contributed by atoms with Crippen LogP contribution in [0.2, 0.25) is 0 Å². The lowest BCUT2D eigenvalue weighted by Crippen LogP contribution is -2.60. The number of aryl methyl sites for hydroxylation is 1. The summed E-state index contributed by atoms with van der Waals surface area (Å²) in [4.78, 5) is 62.6. The molecular formula is C37H52FN7O10S. The van der Waals surface area contributed by atoms with E-state index in [0.29, 0.717) is 22.1 Å². The standard InChI is InChI=1S/C37H52FN7O10S/c1-11-25-37(7)29(40-34(50)55-37)21(4)27(47)19(2)17-35(5,51-14-12-13-22-18-39-31(56-22)30-41-43-45(10)42-30)26(16-24(46)36(6,38)33(49)54-25)53-32-28(48)23(44(8)9)15-20(3)52-32/h18-21,23,25-26,28-29,32,48H,11,14-17H2,1-10H3,(H,40,50)/t19-,20-,21-,23+,25+,26-,28-,29-,32?,35+,36+,37-/m1/s1. The van der Waals surface area contributed by atoms with Gasteiger partial charge >= 0.3 is 12.1 Å². The second-order valence-electron chi connectivity index (χ2n) is 15.7. The number of nitrogens with zero attached hydrogens (tertiary/aromatic N) is 6. The molecule has 0 spiro atoms. The van der Waals surface area contributed by atoms with Crippen molar-refractivity contribution in [2.45, 2.75) is 134 Å². The molecule has 5 rings (SSSR count). The summed E-state index contributed by atoms with van der Waals surface area (Å²) >= 11 is 1.23. The first-order valence-corrected chi connectivity index (χ1v) is 19.5. The summed E-state index contributed by atoms with van der Waals surface area (Å²) in [7, 11) is 5.24. The van der Waals surface area contributed by atoms with Crippen LogP contribution in [0.4, 0.5) is 9.18 Å². The van der Waals surface area contributed by atoms with Crippen molar-refractivity contribution in [2.75, 3.05) is 20.7 Å². The molecule has 0 radical (unpaired) electrons. The van der Waals surface area contributed by atoms with Crippen molar-refractivity contribution < 1.29 is 52.4 Å². The Bertz CT molecular complexity index is 1850. The molecule has 2 N–H and O–H groups in total. The number of rotatable bonds is 7. The van der Waals surface area contributed by atoms with Crippen molar-refractivity contribution in [1.29, 1.82) is 0 Å². The highest BCUT2D eigenvalue weighted by Crippen LogP contribution is 2.40. The SMILES string of the molecule is CC[C@@H]1OC(=O)[C@@](C)(F)C(=O)C[C@@H](OC2O[C@H](C)C[C@H](N(C)C)[C@H]2O)[C@@](C)(OCC#Cc2cnc(-c3nnn(C)n3)s2)C[C@@H](C)C(=O)[C@@H](C)[C@H]2NC(=O)O[C@]12C. The third-order valence-corrected chi connectivity index (χ3v) is 11.9. The van der Waals surface area contributed by atoms with E-state index in [-0.39, 0.29) is 31.3 Å². The van der Waals surface area contributed by atoms with E-state index in [2.05, 4.69) is 37.6 Å². The Balaban J connectivity index is 1.54. The summed E-state index contributed by atoms with van der Waals surface area (Å²) < 4.78 is 46.8. The Kier molecular flexibility index (Phi) is 13.0. The summed E-state index contributed by atoms with van der Waals surface area (Å²) in [6, 6.07) is -1.38. The third-order valence-electron chi connectivity index (χ3n) is 11.0. The number of tetrazole rings is 1. The van der Waals surface area contributed by atoms with Crippen LogP contribution in [0.15, 0.2) is 6.20 Å². The normalized spacial score (nSPS) is 37.2. The molecule has 0 saturated carbocycles. The second-order valence-corrected chi connectivity index (χ2v) is 16.7. The lowest BCUT2D eigenvalue weighted by atomic mass is 9.75. The number of amides is 1. The molecule has 3 aliphatic heterocycles. The average molecular weight is 806 g/mol. The Morgan fingerprint density at radius 1 is 1.18 bits per heavy atom. The maximum absolute atomic E-state index is 16.6. The van der Waals surface area contributed by atoms with Crippen molar-refractivity contribution in [3.8, 4) is 22.7 Å². The van der Waals surface area contributed by atoms with Gasteiger partial charge in [0.15, 0.2) is 22.7 Å². The predicted molar refractivity (Wildman–Crippen MR) is 198 cm³/mol. The number of carbonyl (C=O) groups excluding carboxylic acids is 4. The molecular weight excluding hydrogens is 754 g/mol. The Hall–Kier alpha value is -3.93. The number of hydrogen-bond acceptors (Lipinski definition) is 16. The number of ether oxygens (including phenoxy) is 5. The van der Waals surface area contributed by atoms with E-state index in [1.54, 1.807) is 55.0 Å². The van der Waals surface area contributed by atoms with Gasteiger partial charge in [-0.15, -0.1) is 21.5 Å². The molecule has 3 saturated heterocycles. The molecule has 0 bridgehead atoms. The van der Waals surface area contributed by atoms with Crippen LogP contribution in [0.25, 0.3) is 10.8 Å². The van der Waals surface area contributed by atoms with Crippen LogP contribution in [0.5, 0.6) is 0 Å². The number of Topliss-reactive ketones (excluding diaryl/α,β-unsaturated/α-hetero) is 2. The first-order valence-electron chi connectivity index (χ1n) is 18.6. The average Bonchev–Trinajstić information content (AvgIpc) is 3.87. The number of aromatic nitrogens is 5. The van der Waals surface area contributed by atoms with Crippen molar-refractivity contribution in [3.63, 3.8) is 0 Å². The number of fused-ring (bicyclic) bond motifs is 1. The number of nitrogens with one attached hydrogen (secondary N) is 1. The number of cyclic esters (lactones) is 1. The lowest BCUT2D eigenvalue weighted by molar-refractivity contribution is -0.290. The summed E-state index contributed by atoms with van der Waals surface area (Å²) in [5.41, 5.74) is -6.36. The Morgan fingerprint density at radius 2 is 1.89 bits per heavy atom. The van der Waals surface area contributed by atoms with Gasteiger partial charge in [-0.05, 0) is 66.3 Å². The maximum atomic E-state index is 16.6. The molecule has 1 amide bonds. The molecule has 3 fully saturated rings. The first-order chi connectivity index (χ1) is 26.2. The van der Waals surface area contributed by atoms with Crippen LogP contribution in [0, 0.1) is 23.7 Å². The summed E-state index contributed by atoms with van der Waals surface area (Å²) in [6.07, 6.45) is -5.04. The highest BCUT2D eigenvalue weighted by molar-refractivity contribution is 7.15. The van der Waals surface area contributed by atoms with Crippen LogP contribution >= 0.6 is 11.3 Å². The topological polar surface area (TPSA) is 206 Å². The number of ketones is 2. The van der Waals surface area contributed by atoms with Gasteiger partial charge in [0.05, 0.1) is 42.0 Å². The zero-order valence-corrected chi connectivity index (χ0v) is 34.2.